The first-order valence-corrected chi connectivity index (χ1v) is 13.4. The van der Waals surface area contributed by atoms with Crippen LogP contribution in [0.5, 0.6) is 0 Å². The highest BCUT2D eigenvalue weighted by Gasteiger charge is 2.21. The number of halogens is 1. The number of aromatic nitrogens is 1. The van der Waals surface area contributed by atoms with Crippen LogP contribution in [0.15, 0.2) is 94.1 Å². The van der Waals surface area contributed by atoms with Gasteiger partial charge in [-0.05, 0) is 47.5 Å². The average molecular weight is 496 g/mol. The average Bonchev–Trinajstić information content (AvgIpc) is 3.23. The van der Waals surface area contributed by atoms with Crippen molar-refractivity contribution in [1.29, 1.82) is 0 Å². The van der Waals surface area contributed by atoms with Crippen molar-refractivity contribution in [2.45, 2.75) is 25.3 Å². The van der Waals surface area contributed by atoms with E-state index in [1.54, 1.807) is 24.3 Å². The van der Waals surface area contributed by atoms with E-state index in [9.17, 15) is 12.8 Å². The molecule has 0 fully saturated rings. The molecule has 0 saturated carbocycles. The second kappa shape index (κ2) is 10.5. The van der Waals surface area contributed by atoms with Gasteiger partial charge in [0, 0.05) is 18.5 Å². The molecule has 176 valence electrons. The molecule has 0 radical (unpaired) electrons. The second-order valence-corrected chi connectivity index (χ2v) is 10.5. The largest absolute Gasteiger partial charge is 0.312 e. The number of thiazole rings is 1. The monoisotopic (exact) mass is 495 g/mol. The molecule has 0 unspecified atom stereocenters. The molecule has 0 amide bonds. The molecule has 3 aromatic carbocycles. The van der Waals surface area contributed by atoms with E-state index in [4.69, 9.17) is 4.99 Å². The van der Waals surface area contributed by atoms with E-state index in [1.165, 1.54) is 27.8 Å². The number of hydrogen-bond acceptors (Lipinski definition) is 4. The smallest absolute Gasteiger partial charge is 0.243 e. The number of sulfonamides is 1. The van der Waals surface area contributed by atoms with Gasteiger partial charge in [0.25, 0.3) is 0 Å². The predicted molar refractivity (Wildman–Crippen MR) is 135 cm³/mol. The summed E-state index contributed by atoms with van der Waals surface area (Å²) >= 11 is 1.51. The summed E-state index contributed by atoms with van der Waals surface area (Å²) in [7, 11) is -3.52. The van der Waals surface area contributed by atoms with Crippen LogP contribution < -0.4 is 4.80 Å². The molecule has 8 heteroatoms. The van der Waals surface area contributed by atoms with Crippen LogP contribution in [0, 0.1) is 5.82 Å². The number of nitrogens with zero attached hydrogens (tertiary/aromatic N) is 3. The summed E-state index contributed by atoms with van der Waals surface area (Å²) in [6.07, 6.45) is 0. The van der Waals surface area contributed by atoms with Crippen LogP contribution in [0.25, 0.3) is 11.3 Å². The van der Waals surface area contributed by atoms with Crippen molar-refractivity contribution in [2.75, 3.05) is 13.1 Å². The van der Waals surface area contributed by atoms with E-state index in [0.717, 1.165) is 27.3 Å². The van der Waals surface area contributed by atoms with E-state index < -0.39 is 10.0 Å². The highest BCUT2D eigenvalue weighted by atomic mass is 32.2. The molecule has 4 rings (SSSR count). The molecule has 0 aliphatic carbocycles. The van der Waals surface area contributed by atoms with Crippen molar-refractivity contribution in [3.8, 4) is 11.3 Å². The fourth-order valence-electron chi connectivity index (χ4n) is 3.70. The van der Waals surface area contributed by atoms with Crippen molar-refractivity contribution in [3.05, 3.63) is 100 Å². The van der Waals surface area contributed by atoms with Crippen LogP contribution in [0.3, 0.4) is 0 Å². The Kier molecular flexibility index (Phi) is 7.41. The lowest BCUT2D eigenvalue weighted by Crippen LogP contribution is -2.30. The molecule has 0 bridgehead atoms. The Hall–Kier alpha value is -3.07. The molecule has 34 heavy (non-hydrogen) atoms. The maximum absolute atomic E-state index is 13.4. The van der Waals surface area contributed by atoms with Gasteiger partial charge in [-0.2, -0.15) is 4.31 Å². The maximum Gasteiger partial charge on any atom is 0.243 e. The van der Waals surface area contributed by atoms with Crippen LogP contribution in [-0.2, 0) is 16.6 Å². The van der Waals surface area contributed by atoms with Crippen molar-refractivity contribution in [3.63, 3.8) is 0 Å². The Balaban J connectivity index is 1.77. The van der Waals surface area contributed by atoms with Crippen LogP contribution in [0.2, 0.25) is 0 Å². The number of benzene rings is 3. The molecule has 0 spiro atoms. The summed E-state index contributed by atoms with van der Waals surface area (Å²) in [4.78, 5) is 5.88. The summed E-state index contributed by atoms with van der Waals surface area (Å²) in [5.41, 5.74) is 3.57. The minimum absolute atomic E-state index is 0.273. The molecular formula is C26H26FN3O2S2. The van der Waals surface area contributed by atoms with Gasteiger partial charge in [0.15, 0.2) is 4.80 Å². The molecule has 4 aromatic rings. The third-order valence-electron chi connectivity index (χ3n) is 5.53. The lowest BCUT2D eigenvalue weighted by Gasteiger charge is -2.18. The summed E-state index contributed by atoms with van der Waals surface area (Å²) < 4.78 is 42.7. The molecule has 0 atom stereocenters. The Morgan fingerprint density at radius 1 is 0.912 bits per heavy atom. The van der Waals surface area contributed by atoms with E-state index in [1.807, 2.05) is 61.7 Å². The minimum Gasteiger partial charge on any atom is -0.312 e. The summed E-state index contributed by atoms with van der Waals surface area (Å²) in [6, 6.07) is 23.1. The number of para-hydroxylation sites is 1. The van der Waals surface area contributed by atoms with Gasteiger partial charge in [-0.25, -0.2) is 17.8 Å². The predicted octanol–water partition coefficient (Wildman–Crippen LogP) is 5.67. The van der Waals surface area contributed by atoms with Crippen molar-refractivity contribution >= 4 is 27.0 Å². The first-order valence-electron chi connectivity index (χ1n) is 11.1. The van der Waals surface area contributed by atoms with E-state index in [-0.39, 0.29) is 10.7 Å². The molecule has 1 aromatic heterocycles. The van der Waals surface area contributed by atoms with Crippen LogP contribution in [0.4, 0.5) is 10.1 Å². The Bertz CT molecular complexity index is 1410. The van der Waals surface area contributed by atoms with Gasteiger partial charge < -0.3 is 4.57 Å². The first kappa shape index (κ1) is 24.1. The maximum atomic E-state index is 13.4. The molecule has 5 nitrogen and oxygen atoms in total. The van der Waals surface area contributed by atoms with E-state index in [2.05, 4.69) is 4.57 Å². The zero-order valence-electron chi connectivity index (χ0n) is 19.1. The summed E-state index contributed by atoms with van der Waals surface area (Å²) in [5, 5.41) is 2.01. The van der Waals surface area contributed by atoms with Gasteiger partial charge in [-0.3, -0.25) is 0 Å². The second-order valence-electron chi connectivity index (χ2n) is 7.68. The van der Waals surface area contributed by atoms with Gasteiger partial charge in [-0.1, -0.05) is 56.3 Å². The van der Waals surface area contributed by atoms with Gasteiger partial charge >= 0.3 is 0 Å². The molecule has 1 heterocycles. The summed E-state index contributed by atoms with van der Waals surface area (Å²) in [6.45, 7) is 5.01. The van der Waals surface area contributed by atoms with Crippen molar-refractivity contribution in [2.24, 2.45) is 4.99 Å². The topological polar surface area (TPSA) is 54.7 Å². The van der Waals surface area contributed by atoms with Gasteiger partial charge in [0.05, 0.1) is 22.8 Å². The lowest BCUT2D eigenvalue weighted by molar-refractivity contribution is 0.445. The normalized spacial score (nSPS) is 12.4. The SMILES string of the molecule is CCN(CC)S(=O)(=O)c1ccc(-c2csc(=Nc3ccccc3)n2Cc2ccc(F)cc2)cc1. The first-order chi connectivity index (χ1) is 16.4. The van der Waals surface area contributed by atoms with Crippen molar-refractivity contribution < 1.29 is 12.8 Å². The minimum atomic E-state index is -3.52. The van der Waals surface area contributed by atoms with Crippen molar-refractivity contribution in [1.82, 2.24) is 8.87 Å². The quantitative estimate of drug-likeness (QED) is 0.316. The fourth-order valence-corrected chi connectivity index (χ4v) is 6.08. The van der Waals surface area contributed by atoms with Crippen LogP contribution >= 0.6 is 11.3 Å². The number of hydrogen-bond donors (Lipinski definition) is 0. The number of rotatable bonds is 8. The summed E-state index contributed by atoms with van der Waals surface area (Å²) in [5.74, 6) is -0.279. The molecule has 0 saturated heterocycles. The molecule has 0 aliphatic rings. The third-order valence-corrected chi connectivity index (χ3v) is 8.45. The van der Waals surface area contributed by atoms with E-state index >= 15 is 0 Å². The lowest BCUT2D eigenvalue weighted by atomic mass is 10.1. The highest BCUT2D eigenvalue weighted by molar-refractivity contribution is 7.89. The standard InChI is InChI=1S/C26H26FN3O2S2/c1-3-29(4-2)34(31,32)24-16-12-21(13-17-24)25-19-33-26(28-23-8-6-5-7-9-23)30(25)18-20-10-14-22(27)15-11-20/h5-17,19H,3-4,18H2,1-2H3. The fraction of sp³-hybridized carbons (Fsp3) is 0.192. The zero-order chi connectivity index (χ0) is 24.1. The Morgan fingerprint density at radius 3 is 2.18 bits per heavy atom. The molecule has 0 N–H and O–H groups in total. The molecule has 0 aliphatic heterocycles. The van der Waals surface area contributed by atoms with E-state index in [0.29, 0.717) is 19.6 Å². The Morgan fingerprint density at radius 2 is 1.56 bits per heavy atom. The third kappa shape index (κ3) is 5.19. The highest BCUT2D eigenvalue weighted by Crippen LogP contribution is 2.25. The Labute approximate surface area is 203 Å². The van der Waals surface area contributed by atoms with Gasteiger partial charge in [-0.15, -0.1) is 11.3 Å². The van der Waals surface area contributed by atoms with Crippen LogP contribution in [0.1, 0.15) is 19.4 Å². The molecular weight excluding hydrogens is 469 g/mol. The van der Waals surface area contributed by atoms with Crippen LogP contribution in [-0.4, -0.2) is 30.4 Å². The van der Waals surface area contributed by atoms with Gasteiger partial charge in [0.2, 0.25) is 10.0 Å². The van der Waals surface area contributed by atoms with Gasteiger partial charge in [0.1, 0.15) is 5.82 Å². The zero-order valence-corrected chi connectivity index (χ0v) is 20.7.